The molecule has 0 aromatic heterocycles. The molecule has 0 aliphatic rings. The first-order valence-corrected chi connectivity index (χ1v) is 4.10. The van der Waals surface area contributed by atoms with Crippen LogP contribution in [0.15, 0.2) is 30.3 Å². The topological polar surface area (TPSA) is 26.3 Å². The lowest BCUT2D eigenvalue weighted by Crippen LogP contribution is -2.05. The Bertz CT molecular complexity index is 263. The molecular weight excluding hydrogens is 196 g/mol. The number of halogens is 1. The van der Waals surface area contributed by atoms with Crippen LogP contribution in [0.25, 0.3) is 0 Å². The number of benzene rings is 1. The van der Waals surface area contributed by atoms with Gasteiger partial charge in [0.25, 0.3) is 0 Å². The third-order valence-electron chi connectivity index (χ3n) is 1.39. The van der Waals surface area contributed by atoms with Gasteiger partial charge in [-0.3, -0.25) is 0 Å². The molecule has 4 heteroatoms. The Balaban J connectivity index is 2.78. The summed E-state index contributed by atoms with van der Waals surface area (Å²) < 4.78 is 4.19. The first kappa shape index (κ1) is 9.42. The van der Waals surface area contributed by atoms with E-state index in [1.807, 2.05) is 6.07 Å². The fourth-order valence-electron chi connectivity index (χ4n) is 0.804. The highest BCUT2D eigenvalue weighted by Crippen LogP contribution is 2.21. The molecule has 0 fully saturated rings. The van der Waals surface area contributed by atoms with Crippen molar-refractivity contribution >= 4 is 30.5 Å². The maximum atomic E-state index is 10.9. The predicted molar refractivity (Wildman–Crippen MR) is 50.1 cm³/mol. The lowest BCUT2D eigenvalue weighted by molar-refractivity contribution is -0.132. The Morgan fingerprint density at radius 2 is 2.00 bits per heavy atom. The highest BCUT2D eigenvalue weighted by atomic mass is 35.5. The monoisotopic (exact) mass is 202 g/mol. The summed E-state index contributed by atoms with van der Waals surface area (Å²) in [5, 5.41) is -0.774. The molecule has 0 amide bonds. The van der Waals surface area contributed by atoms with Gasteiger partial charge in [-0.15, -0.1) is 11.6 Å². The highest BCUT2D eigenvalue weighted by molar-refractivity contribution is 7.75. The van der Waals surface area contributed by atoms with E-state index in [9.17, 15) is 4.79 Å². The fraction of sp³-hybridized carbons (Fsp3) is 0.125. The molecule has 1 atom stereocenters. The lowest BCUT2D eigenvalue weighted by Gasteiger charge is -2.04. The van der Waals surface area contributed by atoms with Gasteiger partial charge in [0.05, 0.1) is 0 Å². The van der Waals surface area contributed by atoms with E-state index in [1.54, 1.807) is 24.3 Å². The smallest absolute Gasteiger partial charge is 0.340 e. The molecule has 0 radical (unpaired) electrons. The van der Waals surface area contributed by atoms with Crippen LogP contribution >= 0.6 is 24.5 Å². The molecule has 0 bridgehead atoms. The molecule has 64 valence electrons. The summed E-state index contributed by atoms with van der Waals surface area (Å²) in [5.41, 5.74) is 0.707. The van der Waals surface area contributed by atoms with Gasteiger partial charge in [-0.1, -0.05) is 30.3 Å². The molecule has 0 aliphatic carbocycles. The molecule has 1 rings (SSSR count). The van der Waals surface area contributed by atoms with E-state index in [-0.39, 0.29) is 0 Å². The summed E-state index contributed by atoms with van der Waals surface area (Å²) >= 11 is 9.10. The van der Waals surface area contributed by atoms with Crippen molar-refractivity contribution in [2.24, 2.45) is 0 Å². The van der Waals surface area contributed by atoms with Crippen molar-refractivity contribution in [3.8, 4) is 0 Å². The van der Waals surface area contributed by atoms with Crippen LogP contribution < -0.4 is 0 Å². The minimum Gasteiger partial charge on any atom is -0.393 e. The average molecular weight is 203 g/mol. The van der Waals surface area contributed by atoms with Crippen LogP contribution in [0.2, 0.25) is 0 Å². The second-order valence-electron chi connectivity index (χ2n) is 2.18. The summed E-state index contributed by atoms with van der Waals surface area (Å²) in [5.74, 6) is -0.564. The van der Waals surface area contributed by atoms with E-state index in [0.717, 1.165) is 0 Å². The molecule has 0 heterocycles. The van der Waals surface area contributed by atoms with Gasteiger partial charge in [0.1, 0.15) is 0 Å². The standard InChI is InChI=1S/C8H7ClO2S/c9-7(8(10)11-12)6-4-2-1-3-5-6/h1-5,7,12H/t7-/m0/s1. The Labute approximate surface area is 81.1 Å². The average Bonchev–Trinajstić information content (AvgIpc) is 2.17. The first-order valence-electron chi connectivity index (χ1n) is 3.30. The van der Waals surface area contributed by atoms with Crippen molar-refractivity contribution in [2.75, 3.05) is 0 Å². The molecule has 0 saturated heterocycles. The van der Waals surface area contributed by atoms with Crippen molar-refractivity contribution in [1.82, 2.24) is 0 Å². The van der Waals surface area contributed by atoms with E-state index in [4.69, 9.17) is 11.6 Å². The van der Waals surface area contributed by atoms with Crippen LogP contribution in [0.5, 0.6) is 0 Å². The van der Waals surface area contributed by atoms with E-state index >= 15 is 0 Å². The zero-order chi connectivity index (χ0) is 8.97. The number of hydrogen-bond acceptors (Lipinski definition) is 3. The molecule has 1 aromatic carbocycles. The lowest BCUT2D eigenvalue weighted by atomic mass is 10.1. The minimum absolute atomic E-state index is 0.564. The van der Waals surface area contributed by atoms with Gasteiger partial charge in [0.2, 0.25) is 0 Å². The van der Waals surface area contributed by atoms with E-state index in [1.165, 1.54) is 0 Å². The molecule has 2 nitrogen and oxygen atoms in total. The Hall–Kier alpha value is -0.670. The number of carbonyl (C=O) groups excluding carboxylic acids is 1. The van der Waals surface area contributed by atoms with Crippen LogP contribution in [0.3, 0.4) is 0 Å². The van der Waals surface area contributed by atoms with Gasteiger partial charge in [-0.2, -0.15) is 0 Å². The predicted octanol–water partition coefficient (Wildman–Crippen LogP) is 2.35. The summed E-state index contributed by atoms with van der Waals surface area (Å²) in [6.07, 6.45) is 0. The first-order chi connectivity index (χ1) is 5.75. The van der Waals surface area contributed by atoms with Gasteiger partial charge >= 0.3 is 5.97 Å². The van der Waals surface area contributed by atoms with Crippen LogP contribution in [-0.4, -0.2) is 5.97 Å². The molecule has 0 spiro atoms. The zero-order valence-electron chi connectivity index (χ0n) is 6.11. The molecular formula is C8H7ClO2S. The minimum atomic E-state index is -0.774. The number of hydrogen-bond donors (Lipinski definition) is 1. The SMILES string of the molecule is O=C(OS)[C@@H](Cl)c1ccccc1. The quantitative estimate of drug-likeness (QED) is 0.453. The molecule has 0 aliphatic heterocycles. The number of thiol groups is 1. The van der Waals surface area contributed by atoms with E-state index in [2.05, 4.69) is 17.1 Å². The van der Waals surface area contributed by atoms with E-state index in [0.29, 0.717) is 5.56 Å². The number of carbonyl (C=O) groups is 1. The van der Waals surface area contributed by atoms with Gasteiger partial charge in [0, 0.05) is 12.9 Å². The van der Waals surface area contributed by atoms with Gasteiger partial charge in [-0.25, -0.2) is 4.79 Å². The van der Waals surface area contributed by atoms with Crippen molar-refractivity contribution in [2.45, 2.75) is 5.38 Å². The number of rotatable bonds is 2. The normalized spacial score (nSPS) is 12.2. The fourth-order valence-corrected chi connectivity index (χ4v) is 1.16. The van der Waals surface area contributed by atoms with Crippen LogP contribution in [0.4, 0.5) is 0 Å². The third-order valence-corrected chi connectivity index (χ3v) is 2.00. The second-order valence-corrected chi connectivity index (χ2v) is 2.80. The summed E-state index contributed by atoms with van der Waals surface area (Å²) in [6, 6.07) is 8.96. The van der Waals surface area contributed by atoms with Crippen LogP contribution in [-0.2, 0) is 8.98 Å². The Kier molecular flexibility index (Phi) is 3.44. The Morgan fingerprint density at radius 3 is 2.50 bits per heavy atom. The van der Waals surface area contributed by atoms with Crippen molar-refractivity contribution < 1.29 is 8.98 Å². The van der Waals surface area contributed by atoms with Crippen molar-refractivity contribution in [1.29, 1.82) is 0 Å². The summed E-state index contributed by atoms with van der Waals surface area (Å²) in [7, 11) is 0. The zero-order valence-corrected chi connectivity index (χ0v) is 7.76. The molecule has 0 saturated carbocycles. The number of alkyl halides is 1. The Morgan fingerprint density at radius 1 is 1.42 bits per heavy atom. The molecule has 0 unspecified atom stereocenters. The second kappa shape index (κ2) is 4.38. The van der Waals surface area contributed by atoms with Crippen LogP contribution in [0.1, 0.15) is 10.9 Å². The van der Waals surface area contributed by atoms with Gasteiger partial charge in [-0.05, 0) is 5.56 Å². The van der Waals surface area contributed by atoms with Gasteiger partial charge < -0.3 is 4.18 Å². The van der Waals surface area contributed by atoms with Crippen molar-refractivity contribution in [3.63, 3.8) is 0 Å². The summed E-state index contributed by atoms with van der Waals surface area (Å²) in [4.78, 5) is 10.9. The molecule has 0 N–H and O–H groups in total. The largest absolute Gasteiger partial charge is 0.393 e. The molecule has 12 heavy (non-hydrogen) atoms. The van der Waals surface area contributed by atoms with E-state index < -0.39 is 11.3 Å². The maximum absolute atomic E-state index is 10.9. The van der Waals surface area contributed by atoms with Gasteiger partial charge in [0.15, 0.2) is 5.38 Å². The highest BCUT2D eigenvalue weighted by Gasteiger charge is 2.17. The molecule has 1 aromatic rings. The summed E-state index contributed by atoms with van der Waals surface area (Å²) in [6.45, 7) is 0. The van der Waals surface area contributed by atoms with Crippen LogP contribution in [0, 0.1) is 0 Å². The third kappa shape index (κ3) is 2.16. The van der Waals surface area contributed by atoms with Crippen molar-refractivity contribution in [3.05, 3.63) is 35.9 Å². The maximum Gasteiger partial charge on any atom is 0.340 e.